The van der Waals surface area contributed by atoms with Crippen LogP contribution in [-0.4, -0.2) is 32.7 Å². The third kappa shape index (κ3) is 4.70. The number of rotatable bonds is 5. The van der Waals surface area contributed by atoms with Crippen molar-refractivity contribution in [3.8, 4) is 0 Å². The van der Waals surface area contributed by atoms with E-state index in [0.29, 0.717) is 5.69 Å². The monoisotopic (exact) mass is 375 g/mol. The number of para-hydroxylation sites is 1. The topological polar surface area (TPSA) is 89.5 Å². The Balaban J connectivity index is 2.05. The first kappa shape index (κ1) is 19.7. The molecule has 0 aliphatic heterocycles. The molecular weight excluding hydrogens is 354 g/mol. The summed E-state index contributed by atoms with van der Waals surface area (Å²) in [6.07, 6.45) is 0.0800. The lowest BCUT2D eigenvalue weighted by Gasteiger charge is -2.16. The maximum absolute atomic E-state index is 12.3. The van der Waals surface area contributed by atoms with E-state index in [4.69, 9.17) is 4.74 Å². The molecule has 0 unspecified atom stereocenters. The normalized spacial score (nSPS) is 12.3. The Hall–Kier alpha value is -2.67. The summed E-state index contributed by atoms with van der Waals surface area (Å²) in [5.74, 6) is -1.14. The number of sulfone groups is 1. The Labute approximate surface area is 153 Å². The summed E-state index contributed by atoms with van der Waals surface area (Å²) in [7, 11) is -3.34. The van der Waals surface area contributed by atoms with Gasteiger partial charge in [0, 0.05) is 11.9 Å². The van der Waals surface area contributed by atoms with E-state index in [9.17, 15) is 18.0 Å². The highest BCUT2D eigenvalue weighted by atomic mass is 32.2. The van der Waals surface area contributed by atoms with Crippen LogP contribution < -0.4 is 5.32 Å². The lowest BCUT2D eigenvalue weighted by atomic mass is 10.1. The van der Waals surface area contributed by atoms with Crippen molar-refractivity contribution in [3.63, 3.8) is 0 Å². The molecule has 0 fully saturated rings. The summed E-state index contributed by atoms with van der Waals surface area (Å²) in [6.45, 7) is 5.23. The van der Waals surface area contributed by atoms with Crippen LogP contribution in [0.1, 0.15) is 28.4 Å². The number of hydrogen-bond acceptors (Lipinski definition) is 5. The van der Waals surface area contributed by atoms with Crippen molar-refractivity contribution in [2.45, 2.75) is 31.8 Å². The van der Waals surface area contributed by atoms with Crippen LogP contribution >= 0.6 is 0 Å². The van der Waals surface area contributed by atoms with Crippen LogP contribution in [0.15, 0.2) is 47.4 Å². The van der Waals surface area contributed by atoms with Gasteiger partial charge in [0.1, 0.15) is 0 Å². The van der Waals surface area contributed by atoms with Gasteiger partial charge in [-0.2, -0.15) is 0 Å². The van der Waals surface area contributed by atoms with Crippen molar-refractivity contribution in [1.29, 1.82) is 0 Å². The van der Waals surface area contributed by atoms with E-state index in [-0.39, 0.29) is 10.5 Å². The Morgan fingerprint density at radius 2 is 1.54 bits per heavy atom. The number of carbonyl (C=O) groups excluding carboxylic acids is 2. The first-order valence-corrected chi connectivity index (χ1v) is 9.87. The number of nitrogens with one attached hydrogen (secondary N) is 1. The first-order valence-electron chi connectivity index (χ1n) is 7.98. The molecule has 7 heteroatoms. The smallest absolute Gasteiger partial charge is 0.338 e. The molecule has 0 saturated carbocycles. The molecule has 1 amide bonds. The van der Waals surface area contributed by atoms with Gasteiger partial charge in [0.25, 0.3) is 5.91 Å². The molecule has 0 heterocycles. The third-order valence-corrected chi connectivity index (χ3v) is 5.03. The number of ether oxygens (including phenoxy) is 1. The summed E-state index contributed by atoms with van der Waals surface area (Å²) in [5.41, 5.74) is 2.68. The van der Waals surface area contributed by atoms with Gasteiger partial charge < -0.3 is 10.1 Å². The van der Waals surface area contributed by atoms with E-state index in [1.807, 2.05) is 32.0 Å². The molecule has 0 spiro atoms. The van der Waals surface area contributed by atoms with E-state index in [1.54, 1.807) is 0 Å². The molecule has 0 aliphatic rings. The average molecular weight is 375 g/mol. The number of hydrogen-bond donors (Lipinski definition) is 1. The number of benzene rings is 2. The Kier molecular flexibility index (Phi) is 5.82. The van der Waals surface area contributed by atoms with Crippen molar-refractivity contribution in [2.75, 3.05) is 11.6 Å². The second-order valence-electron chi connectivity index (χ2n) is 6.10. The third-order valence-electron chi connectivity index (χ3n) is 3.90. The second-order valence-corrected chi connectivity index (χ2v) is 8.12. The van der Waals surface area contributed by atoms with Gasteiger partial charge in [0.15, 0.2) is 15.9 Å². The summed E-state index contributed by atoms with van der Waals surface area (Å²) in [5, 5.41) is 2.77. The first-order chi connectivity index (χ1) is 12.1. The number of carbonyl (C=O) groups is 2. The highest BCUT2D eigenvalue weighted by Crippen LogP contribution is 2.20. The molecule has 0 bridgehead atoms. The van der Waals surface area contributed by atoms with Crippen LogP contribution in [0.3, 0.4) is 0 Å². The molecule has 6 nitrogen and oxygen atoms in total. The van der Waals surface area contributed by atoms with Gasteiger partial charge in [0.2, 0.25) is 0 Å². The van der Waals surface area contributed by atoms with Crippen molar-refractivity contribution < 1.29 is 22.7 Å². The van der Waals surface area contributed by atoms with E-state index in [1.165, 1.54) is 31.2 Å². The van der Waals surface area contributed by atoms with E-state index >= 15 is 0 Å². The lowest BCUT2D eigenvalue weighted by molar-refractivity contribution is -0.123. The zero-order valence-corrected chi connectivity index (χ0v) is 15.9. The zero-order valence-electron chi connectivity index (χ0n) is 15.1. The Morgan fingerprint density at radius 1 is 1.00 bits per heavy atom. The molecule has 138 valence electrons. The predicted octanol–water partition coefficient (Wildman–Crippen LogP) is 2.89. The maximum Gasteiger partial charge on any atom is 0.338 e. The summed E-state index contributed by atoms with van der Waals surface area (Å²) >= 11 is 0. The van der Waals surface area contributed by atoms with Crippen LogP contribution in [0.2, 0.25) is 0 Å². The average Bonchev–Trinajstić information content (AvgIpc) is 2.57. The molecule has 0 aliphatic carbocycles. The number of anilines is 1. The molecule has 0 saturated heterocycles. The molecule has 1 N–H and O–H groups in total. The number of amides is 1. The van der Waals surface area contributed by atoms with Crippen molar-refractivity contribution in [2.24, 2.45) is 0 Å². The van der Waals surface area contributed by atoms with Gasteiger partial charge in [-0.05, 0) is 56.2 Å². The lowest BCUT2D eigenvalue weighted by Crippen LogP contribution is -2.30. The van der Waals surface area contributed by atoms with Crippen molar-refractivity contribution in [3.05, 3.63) is 59.2 Å². The molecule has 2 aromatic rings. The fraction of sp³-hybridized carbons (Fsp3) is 0.263. The zero-order chi connectivity index (χ0) is 19.5. The highest BCUT2D eigenvalue weighted by Gasteiger charge is 2.20. The molecule has 2 rings (SSSR count). The highest BCUT2D eigenvalue weighted by molar-refractivity contribution is 7.90. The number of aryl methyl sites for hydroxylation is 2. The molecule has 2 aromatic carbocycles. The second kappa shape index (κ2) is 7.70. The van der Waals surface area contributed by atoms with E-state index in [2.05, 4.69) is 5.32 Å². The fourth-order valence-corrected chi connectivity index (χ4v) is 2.99. The predicted molar refractivity (Wildman–Crippen MR) is 99.0 cm³/mol. The Morgan fingerprint density at radius 3 is 2.04 bits per heavy atom. The van der Waals surface area contributed by atoms with Gasteiger partial charge in [-0.25, -0.2) is 13.2 Å². The van der Waals surface area contributed by atoms with Crippen LogP contribution in [-0.2, 0) is 19.4 Å². The largest absolute Gasteiger partial charge is 0.449 e. The quantitative estimate of drug-likeness (QED) is 0.812. The Bertz CT molecular complexity index is 913. The van der Waals surface area contributed by atoms with Crippen LogP contribution in [0.25, 0.3) is 0 Å². The molecule has 0 radical (unpaired) electrons. The molecule has 26 heavy (non-hydrogen) atoms. The van der Waals surface area contributed by atoms with Crippen LogP contribution in [0, 0.1) is 13.8 Å². The maximum atomic E-state index is 12.3. The standard InChI is InChI=1S/C19H21NO5S/c1-12-6-5-7-13(2)17(12)20-18(21)14(3)25-19(22)15-8-10-16(11-9-15)26(4,23)24/h5-11,14H,1-4H3,(H,20,21)/t14-/m1/s1. The summed E-state index contributed by atoms with van der Waals surface area (Å²) in [4.78, 5) is 24.6. The number of esters is 1. The van der Waals surface area contributed by atoms with Crippen molar-refractivity contribution in [1.82, 2.24) is 0 Å². The fourth-order valence-electron chi connectivity index (χ4n) is 2.36. The van der Waals surface area contributed by atoms with Crippen molar-refractivity contribution >= 4 is 27.4 Å². The van der Waals surface area contributed by atoms with Crippen LogP contribution in [0.5, 0.6) is 0 Å². The summed E-state index contributed by atoms with van der Waals surface area (Å²) in [6, 6.07) is 11.0. The van der Waals surface area contributed by atoms with Crippen LogP contribution in [0.4, 0.5) is 5.69 Å². The molecule has 1 atom stereocenters. The minimum absolute atomic E-state index is 0.106. The molecular formula is C19H21NO5S. The van der Waals surface area contributed by atoms with Gasteiger partial charge in [0.05, 0.1) is 10.5 Å². The van der Waals surface area contributed by atoms with E-state index in [0.717, 1.165) is 17.4 Å². The van der Waals surface area contributed by atoms with Gasteiger partial charge in [-0.1, -0.05) is 18.2 Å². The van der Waals surface area contributed by atoms with E-state index < -0.39 is 27.8 Å². The minimum Gasteiger partial charge on any atom is -0.449 e. The van der Waals surface area contributed by atoms with Gasteiger partial charge in [-0.3, -0.25) is 4.79 Å². The SMILES string of the molecule is Cc1cccc(C)c1NC(=O)[C@@H](C)OC(=O)c1ccc(S(C)(=O)=O)cc1. The molecule has 0 aromatic heterocycles. The minimum atomic E-state index is -3.34. The van der Waals surface area contributed by atoms with Gasteiger partial charge in [-0.15, -0.1) is 0 Å². The van der Waals surface area contributed by atoms with Gasteiger partial charge >= 0.3 is 5.97 Å². The summed E-state index contributed by atoms with van der Waals surface area (Å²) < 4.78 is 28.1.